The molecule has 1 atom stereocenters. The summed E-state index contributed by atoms with van der Waals surface area (Å²) < 4.78 is 4.64. The SMILES string of the molecule is NC(=O)O[C@@H](CO)CC1CC1. The van der Waals surface area contributed by atoms with Gasteiger partial charge >= 0.3 is 6.09 Å². The van der Waals surface area contributed by atoms with Gasteiger partial charge in [-0.05, 0) is 12.3 Å². The normalized spacial score (nSPS) is 19.4. The lowest BCUT2D eigenvalue weighted by atomic mass is 10.2. The maximum atomic E-state index is 10.3. The molecule has 1 saturated carbocycles. The lowest BCUT2D eigenvalue weighted by Crippen LogP contribution is -2.26. The van der Waals surface area contributed by atoms with Crippen molar-refractivity contribution in [2.75, 3.05) is 6.61 Å². The van der Waals surface area contributed by atoms with E-state index in [1.807, 2.05) is 0 Å². The van der Waals surface area contributed by atoms with Crippen LogP contribution >= 0.6 is 0 Å². The summed E-state index contributed by atoms with van der Waals surface area (Å²) >= 11 is 0. The number of primary amides is 1. The Morgan fingerprint density at radius 1 is 1.73 bits per heavy atom. The van der Waals surface area contributed by atoms with Crippen molar-refractivity contribution in [1.29, 1.82) is 0 Å². The summed E-state index contributed by atoms with van der Waals surface area (Å²) in [7, 11) is 0. The lowest BCUT2D eigenvalue weighted by molar-refractivity contribution is 0.0554. The van der Waals surface area contributed by atoms with Gasteiger partial charge in [0.1, 0.15) is 6.10 Å². The van der Waals surface area contributed by atoms with Crippen LogP contribution in [0, 0.1) is 5.92 Å². The Morgan fingerprint density at radius 3 is 2.73 bits per heavy atom. The monoisotopic (exact) mass is 159 g/mol. The van der Waals surface area contributed by atoms with E-state index in [0.29, 0.717) is 5.92 Å². The van der Waals surface area contributed by atoms with Gasteiger partial charge in [-0.2, -0.15) is 0 Å². The van der Waals surface area contributed by atoms with E-state index in [1.54, 1.807) is 0 Å². The van der Waals surface area contributed by atoms with E-state index in [1.165, 1.54) is 12.8 Å². The van der Waals surface area contributed by atoms with E-state index in [4.69, 9.17) is 10.8 Å². The second kappa shape index (κ2) is 3.57. The van der Waals surface area contributed by atoms with Crippen molar-refractivity contribution in [3.8, 4) is 0 Å². The highest BCUT2D eigenvalue weighted by Crippen LogP contribution is 2.34. The lowest BCUT2D eigenvalue weighted by Gasteiger charge is -2.12. The number of hydrogen-bond donors (Lipinski definition) is 2. The van der Waals surface area contributed by atoms with Gasteiger partial charge in [0.25, 0.3) is 0 Å². The van der Waals surface area contributed by atoms with E-state index in [9.17, 15) is 4.79 Å². The van der Waals surface area contributed by atoms with Gasteiger partial charge in [0.05, 0.1) is 6.61 Å². The number of aliphatic hydroxyl groups excluding tert-OH is 1. The first kappa shape index (κ1) is 8.33. The Morgan fingerprint density at radius 2 is 2.36 bits per heavy atom. The quantitative estimate of drug-likeness (QED) is 0.617. The van der Waals surface area contributed by atoms with Gasteiger partial charge in [-0.15, -0.1) is 0 Å². The van der Waals surface area contributed by atoms with Crippen LogP contribution in [0.1, 0.15) is 19.3 Å². The molecule has 3 N–H and O–H groups in total. The predicted molar refractivity (Wildman–Crippen MR) is 38.9 cm³/mol. The van der Waals surface area contributed by atoms with Gasteiger partial charge in [0, 0.05) is 0 Å². The van der Waals surface area contributed by atoms with Crippen molar-refractivity contribution >= 4 is 6.09 Å². The molecule has 1 fully saturated rings. The summed E-state index contributed by atoms with van der Waals surface area (Å²) in [6.07, 6.45) is 1.92. The molecule has 1 rings (SSSR count). The van der Waals surface area contributed by atoms with Crippen LogP contribution in [-0.2, 0) is 4.74 Å². The first-order chi connectivity index (χ1) is 5.22. The minimum Gasteiger partial charge on any atom is -0.444 e. The molecule has 11 heavy (non-hydrogen) atoms. The Balaban J connectivity index is 2.17. The average molecular weight is 159 g/mol. The van der Waals surface area contributed by atoms with E-state index in [-0.39, 0.29) is 12.7 Å². The number of carbonyl (C=O) groups excluding carboxylic acids is 1. The zero-order chi connectivity index (χ0) is 8.27. The van der Waals surface area contributed by atoms with Gasteiger partial charge in [-0.25, -0.2) is 4.79 Å². The summed E-state index contributed by atoms with van der Waals surface area (Å²) in [6.45, 7) is -0.126. The zero-order valence-electron chi connectivity index (χ0n) is 6.32. The fraction of sp³-hybridized carbons (Fsp3) is 0.857. The highest BCUT2D eigenvalue weighted by Gasteiger charge is 2.26. The largest absolute Gasteiger partial charge is 0.444 e. The molecule has 0 unspecified atom stereocenters. The van der Waals surface area contributed by atoms with Crippen molar-refractivity contribution in [2.45, 2.75) is 25.4 Å². The molecule has 0 bridgehead atoms. The highest BCUT2D eigenvalue weighted by molar-refractivity contribution is 5.64. The Kier molecular flexibility index (Phi) is 2.70. The third-order valence-electron chi connectivity index (χ3n) is 1.78. The number of nitrogens with two attached hydrogens (primary N) is 1. The van der Waals surface area contributed by atoms with E-state index in [0.717, 1.165) is 6.42 Å². The van der Waals surface area contributed by atoms with Crippen molar-refractivity contribution < 1.29 is 14.6 Å². The van der Waals surface area contributed by atoms with Crippen molar-refractivity contribution in [3.63, 3.8) is 0 Å². The summed E-state index contributed by atoms with van der Waals surface area (Å²) in [5.41, 5.74) is 4.79. The maximum absolute atomic E-state index is 10.3. The van der Waals surface area contributed by atoms with E-state index in [2.05, 4.69) is 4.74 Å². The molecule has 0 radical (unpaired) electrons. The standard InChI is InChI=1S/C7H13NO3/c8-7(10)11-6(4-9)3-5-1-2-5/h5-6,9H,1-4H2,(H2,8,10)/t6-/m1/s1. The summed E-state index contributed by atoms with van der Waals surface area (Å²) in [5, 5.41) is 8.72. The Hall–Kier alpha value is -0.770. The molecule has 0 heterocycles. The molecular weight excluding hydrogens is 146 g/mol. The van der Waals surface area contributed by atoms with Crippen LogP contribution in [0.2, 0.25) is 0 Å². The van der Waals surface area contributed by atoms with E-state index < -0.39 is 6.09 Å². The maximum Gasteiger partial charge on any atom is 0.404 e. The van der Waals surface area contributed by atoms with Gasteiger partial charge in [-0.3, -0.25) is 0 Å². The van der Waals surface area contributed by atoms with Crippen LogP contribution in [0.15, 0.2) is 0 Å². The fourth-order valence-corrected chi connectivity index (χ4v) is 1.05. The second-order valence-electron chi connectivity index (χ2n) is 2.92. The molecule has 1 aliphatic carbocycles. The molecule has 0 saturated heterocycles. The van der Waals surface area contributed by atoms with Crippen molar-refractivity contribution in [1.82, 2.24) is 0 Å². The molecule has 0 aromatic rings. The topological polar surface area (TPSA) is 72.6 Å². The van der Waals surface area contributed by atoms with Crippen molar-refractivity contribution in [3.05, 3.63) is 0 Å². The third kappa shape index (κ3) is 3.23. The number of aliphatic hydroxyl groups is 1. The molecule has 0 aromatic carbocycles. The second-order valence-corrected chi connectivity index (χ2v) is 2.92. The molecule has 4 nitrogen and oxygen atoms in total. The smallest absolute Gasteiger partial charge is 0.404 e. The minimum absolute atomic E-state index is 0.126. The fourth-order valence-electron chi connectivity index (χ4n) is 1.05. The van der Waals surface area contributed by atoms with Gasteiger partial charge < -0.3 is 15.6 Å². The molecule has 4 heteroatoms. The molecule has 0 spiro atoms. The number of ether oxygens (including phenoxy) is 1. The summed E-state index contributed by atoms with van der Waals surface area (Å²) in [4.78, 5) is 10.3. The molecule has 64 valence electrons. The molecule has 0 aliphatic heterocycles. The third-order valence-corrected chi connectivity index (χ3v) is 1.78. The predicted octanol–water partition coefficient (Wildman–Crippen LogP) is 0.243. The first-order valence-electron chi connectivity index (χ1n) is 3.79. The van der Waals surface area contributed by atoms with Crippen LogP contribution < -0.4 is 5.73 Å². The molecule has 1 amide bonds. The van der Waals surface area contributed by atoms with E-state index >= 15 is 0 Å². The minimum atomic E-state index is -0.801. The van der Waals surface area contributed by atoms with Crippen LogP contribution in [0.3, 0.4) is 0 Å². The highest BCUT2D eigenvalue weighted by atomic mass is 16.6. The number of rotatable bonds is 4. The molecular formula is C7H13NO3. The Bertz CT molecular complexity index is 145. The van der Waals surface area contributed by atoms with Gasteiger partial charge in [0.15, 0.2) is 0 Å². The Labute approximate surface area is 65.3 Å². The van der Waals surface area contributed by atoms with Gasteiger partial charge in [-0.1, -0.05) is 12.8 Å². The summed E-state index contributed by atoms with van der Waals surface area (Å²) in [5.74, 6) is 0.631. The summed E-state index contributed by atoms with van der Waals surface area (Å²) in [6, 6.07) is 0. The van der Waals surface area contributed by atoms with Crippen molar-refractivity contribution in [2.24, 2.45) is 11.7 Å². The number of carbonyl (C=O) groups is 1. The van der Waals surface area contributed by atoms with Crippen LogP contribution in [-0.4, -0.2) is 23.9 Å². The number of amides is 1. The van der Waals surface area contributed by atoms with Gasteiger partial charge in [0.2, 0.25) is 0 Å². The van der Waals surface area contributed by atoms with Crippen LogP contribution in [0.4, 0.5) is 4.79 Å². The zero-order valence-corrected chi connectivity index (χ0v) is 6.32. The number of hydrogen-bond acceptors (Lipinski definition) is 3. The molecule has 0 aromatic heterocycles. The molecule has 1 aliphatic rings. The van der Waals surface area contributed by atoms with Crippen LogP contribution in [0.5, 0.6) is 0 Å². The average Bonchev–Trinajstić information content (AvgIpc) is 2.69. The first-order valence-corrected chi connectivity index (χ1v) is 3.79. The van der Waals surface area contributed by atoms with Crippen LogP contribution in [0.25, 0.3) is 0 Å².